The van der Waals surface area contributed by atoms with Crippen molar-refractivity contribution in [3.8, 4) is 0 Å². The van der Waals surface area contributed by atoms with Crippen LogP contribution < -0.4 is 5.73 Å². The molecule has 0 aliphatic carbocycles. The highest BCUT2D eigenvalue weighted by molar-refractivity contribution is 5.93. The Hall–Kier alpha value is -2.38. The number of aromatic nitrogens is 5. The van der Waals surface area contributed by atoms with E-state index in [0.29, 0.717) is 17.2 Å². The highest BCUT2D eigenvalue weighted by Crippen LogP contribution is 2.18. The summed E-state index contributed by atoms with van der Waals surface area (Å²) in [6.07, 6.45) is 3.15. The molecule has 0 spiro atoms. The Labute approximate surface area is 121 Å². The normalized spacial score (nSPS) is 14.0. The third kappa shape index (κ3) is 2.37. The van der Waals surface area contributed by atoms with E-state index >= 15 is 0 Å². The number of ether oxygens (including phenoxy) is 1. The van der Waals surface area contributed by atoms with E-state index in [0.717, 1.165) is 31.6 Å². The smallest absolute Gasteiger partial charge is 0.359 e. The average Bonchev–Trinajstić information content (AvgIpc) is 2.98. The zero-order valence-corrected chi connectivity index (χ0v) is 12.2. The molecule has 0 radical (unpaired) electrons. The van der Waals surface area contributed by atoms with E-state index in [1.54, 1.807) is 14.0 Å². The van der Waals surface area contributed by atoms with E-state index in [4.69, 9.17) is 10.5 Å². The molecule has 0 amide bonds. The van der Waals surface area contributed by atoms with Gasteiger partial charge in [0.05, 0.1) is 11.4 Å². The molecule has 0 unspecified atom stereocenters. The van der Waals surface area contributed by atoms with E-state index in [-0.39, 0.29) is 12.3 Å². The number of carbonyl (C=O) groups excluding carboxylic acids is 1. The van der Waals surface area contributed by atoms with Crippen molar-refractivity contribution in [3.63, 3.8) is 0 Å². The molecule has 0 aromatic carbocycles. The van der Waals surface area contributed by atoms with Crippen molar-refractivity contribution in [1.82, 2.24) is 24.5 Å². The first-order valence-corrected chi connectivity index (χ1v) is 6.95. The number of fused-ring (bicyclic) bond motifs is 1. The molecule has 0 saturated heterocycles. The number of nitrogens with two attached hydrogens (primary N) is 1. The Balaban J connectivity index is 1.73. The zero-order valence-electron chi connectivity index (χ0n) is 12.2. The van der Waals surface area contributed by atoms with Crippen molar-refractivity contribution in [1.29, 1.82) is 0 Å². The monoisotopic (exact) mass is 290 g/mol. The van der Waals surface area contributed by atoms with Crippen LogP contribution in [0, 0.1) is 6.92 Å². The van der Waals surface area contributed by atoms with Gasteiger partial charge in [0.2, 0.25) is 0 Å². The Bertz CT molecular complexity index is 687. The number of esters is 1. The van der Waals surface area contributed by atoms with Gasteiger partial charge in [-0.15, -0.1) is 10.2 Å². The molecule has 0 saturated carbocycles. The third-order valence-electron chi connectivity index (χ3n) is 3.73. The predicted molar refractivity (Wildman–Crippen MR) is 74.4 cm³/mol. The van der Waals surface area contributed by atoms with E-state index in [1.807, 2.05) is 4.57 Å². The second-order valence-electron chi connectivity index (χ2n) is 5.19. The fourth-order valence-corrected chi connectivity index (χ4v) is 2.59. The molecule has 0 bridgehead atoms. The van der Waals surface area contributed by atoms with E-state index in [2.05, 4.69) is 15.3 Å². The van der Waals surface area contributed by atoms with E-state index in [9.17, 15) is 4.79 Å². The number of aryl methyl sites for hydroxylation is 3. The van der Waals surface area contributed by atoms with Crippen molar-refractivity contribution in [3.05, 3.63) is 23.0 Å². The molecule has 2 N–H and O–H groups in total. The summed E-state index contributed by atoms with van der Waals surface area (Å²) in [4.78, 5) is 12.1. The maximum absolute atomic E-state index is 12.1. The van der Waals surface area contributed by atoms with Gasteiger partial charge >= 0.3 is 5.97 Å². The van der Waals surface area contributed by atoms with Gasteiger partial charge in [0.25, 0.3) is 0 Å². The first kappa shape index (κ1) is 13.6. The molecule has 3 heterocycles. The van der Waals surface area contributed by atoms with Gasteiger partial charge in [0.1, 0.15) is 5.82 Å². The Kier molecular flexibility index (Phi) is 3.36. The summed E-state index contributed by atoms with van der Waals surface area (Å²) >= 11 is 0. The molecule has 112 valence electrons. The second kappa shape index (κ2) is 5.19. The standard InChI is InChI=1S/C13H18N6O2/c1-8-11(14)12(18(2)17-8)13(20)21-7-10-16-15-9-5-3-4-6-19(9)10/h3-7,14H2,1-2H3. The van der Waals surface area contributed by atoms with Gasteiger partial charge in [-0.25, -0.2) is 4.79 Å². The molecule has 0 atom stereocenters. The van der Waals surface area contributed by atoms with Gasteiger partial charge < -0.3 is 15.0 Å². The van der Waals surface area contributed by atoms with Gasteiger partial charge in [-0.1, -0.05) is 0 Å². The lowest BCUT2D eigenvalue weighted by molar-refractivity contribution is 0.0445. The van der Waals surface area contributed by atoms with Crippen molar-refractivity contribution in [2.45, 2.75) is 39.3 Å². The van der Waals surface area contributed by atoms with Crippen LogP contribution >= 0.6 is 0 Å². The van der Waals surface area contributed by atoms with Gasteiger partial charge in [0.15, 0.2) is 18.1 Å². The van der Waals surface area contributed by atoms with Crippen molar-refractivity contribution in [2.75, 3.05) is 5.73 Å². The van der Waals surface area contributed by atoms with Crippen LogP contribution in [0.3, 0.4) is 0 Å². The minimum Gasteiger partial charge on any atom is -0.453 e. The minimum atomic E-state index is -0.497. The van der Waals surface area contributed by atoms with Crippen LogP contribution in [0.15, 0.2) is 0 Å². The number of hydrogen-bond donors (Lipinski definition) is 1. The van der Waals surface area contributed by atoms with Crippen LogP contribution in [-0.2, 0) is 31.4 Å². The maximum Gasteiger partial charge on any atom is 0.359 e. The summed E-state index contributed by atoms with van der Waals surface area (Å²) in [6.45, 7) is 2.72. The minimum absolute atomic E-state index is 0.0928. The molecule has 1 aliphatic heterocycles. The topological polar surface area (TPSA) is 101 Å². The summed E-state index contributed by atoms with van der Waals surface area (Å²) in [5.74, 6) is 1.14. The number of hydrogen-bond acceptors (Lipinski definition) is 6. The van der Waals surface area contributed by atoms with Crippen LogP contribution in [0.1, 0.15) is 40.7 Å². The number of rotatable bonds is 3. The first-order chi connectivity index (χ1) is 10.1. The highest BCUT2D eigenvalue weighted by atomic mass is 16.5. The Morgan fingerprint density at radius 2 is 2.19 bits per heavy atom. The number of anilines is 1. The highest BCUT2D eigenvalue weighted by Gasteiger charge is 2.21. The Morgan fingerprint density at radius 3 is 2.90 bits per heavy atom. The molecule has 21 heavy (non-hydrogen) atoms. The fourth-order valence-electron chi connectivity index (χ4n) is 2.59. The van der Waals surface area contributed by atoms with Crippen LogP contribution in [-0.4, -0.2) is 30.5 Å². The lowest BCUT2D eigenvalue weighted by atomic mass is 10.2. The fraction of sp³-hybridized carbons (Fsp3) is 0.538. The molecule has 1 aliphatic rings. The zero-order chi connectivity index (χ0) is 15.0. The summed E-state index contributed by atoms with van der Waals surface area (Å²) in [5, 5.41) is 12.3. The molecular formula is C13H18N6O2. The number of nitrogens with zero attached hydrogens (tertiary/aromatic N) is 5. The van der Waals surface area contributed by atoms with Crippen LogP contribution in [0.5, 0.6) is 0 Å². The molecule has 3 rings (SSSR count). The molecule has 8 heteroatoms. The lowest BCUT2D eigenvalue weighted by Gasteiger charge is -2.14. The van der Waals surface area contributed by atoms with E-state index < -0.39 is 5.97 Å². The van der Waals surface area contributed by atoms with Gasteiger partial charge in [-0.2, -0.15) is 5.10 Å². The lowest BCUT2D eigenvalue weighted by Crippen LogP contribution is -2.17. The summed E-state index contributed by atoms with van der Waals surface area (Å²) in [7, 11) is 1.67. The number of nitrogen functional groups attached to an aromatic ring is 1. The summed E-state index contributed by atoms with van der Waals surface area (Å²) in [5.41, 5.74) is 7.08. The largest absolute Gasteiger partial charge is 0.453 e. The number of carbonyl (C=O) groups is 1. The van der Waals surface area contributed by atoms with Crippen LogP contribution in [0.4, 0.5) is 5.69 Å². The van der Waals surface area contributed by atoms with Crippen molar-refractivity contribution >= 4 is 11.7 Å². The van der Waals surface area contributed by atoms with Crippen LogP contribution in [0.2, 0.25) is 0 Å². The molecular weight excluding hydrogens is 272 g/mol. The first-order valence-electron chi connectivity index (χ1n) is 6.95. The molecule has 2 aromatic heterocycles. The van der Waals surface area contributed by atoms with Crippen LogP contribution in [0.25, 0.3) is 0 Å². The third-order valence-corrected chi connectivity index (χ3v) is 3.73. The van der Waals surface area contributed by atoms with Gasteiger partial charge in [0, 0.05) is 20.0 Å². The summed E-state index contributed by atoms with van der Waals surface area (Å²) < 4.78 is 8.77. The van der Waals surface area contributed by atoms with Crippen molar-refractivity contribution in [2.24, 2.45) is 7.05 Å². The molecule has 8 nitrogen and oxygen atoms in total. The van der Waals surface area contributed by atoms with Gasteiger partial charge in [-0.05, 0) is 19.8 Å². The molecule has 2 aromatic rings. The van der Waals surface area contributed by atoms with E-state index in [1.165, 1.54) is 4.68 Å². The Morgan fingerprint density at radius 1 is 1.38 bits per heavy atom. The predicted octanol–water partition coefficient (Wildman–Crippen LogP) is 0.596. The second-order valence-corrected chi connectivity index (χ2v) is 5.19. The quantitative estimate of drug-likeness (QED) is 0.830. The molecule has 0 fully saturated rings. The van der Waals surface area contributed by atoms with Crippen molar-refractivity contribution < 1.29 is 9.53 Å². The maximum atomic E-state index is 12.1. The van der Waals surface area contributed by atoms with Gasteiger partial charge in [-0.3, -0.25) is 4.68 Å². The summed E-state index contributed by atoms with van der Waals surface area (Å²) in [6, 6.07) is 0. The SMILES string of the molecule is Cc1nn(C)c(C(=O)OCc2nnc3n2CCCC3)c1N. The average molecular weight is 290 g/mol.